The molecule has 184 valence electrons. The number of fused-ring (bicyclic) bond motifs is 1. The van der Waals surface area contributed by atoms with Crippen LogP contribution in [0.5, 0.6) is 0 Å². The molecule has 2 aliphatic heterocycles. The quantitative estimate of drug-likeness (QED) is 0.658. The van der Waals surface area contributed by atoms with Crippen LogP contribution in [-0.2, 0) is 15.3 Å². The Kier molecular flexibility index (Phi) is 6.31. The number of nitrogens with two attached hydrogens (primary N) is 1. The molecule has 2 aromatic heterocycles. The highest BCUT2D eigenvalue weighted by Gasteiger charge is 2.49. The number of nitriles is 1. The van der Waals surface area contributed by atoms with Crippen molar-refractivity contribution in [2.45, 2.75) is 43.4 Å². The summed E-state index contributed by atoms with van der Waals surface area (Å²) in [5.74, 6) is -1.54. The molecule has 4 rings (SSSR count). The first-order valence-corrected chi connectivity index (χ1v) is 12.7. The van der Waals surface area contributed by atoms with Crippen molar-refractivity contribution in [1.82, 2.24) is 9.97 Å². The summed E-state index contributed by atoms with van der Waals surface area (Å²) in [5.41, 5.74) is 4.96. The molecule has 3 atom stereocenters. The van der Waals surface area contributed by atoms with E-state index >= 15 is 4.39 Å². The van der Waals surface area contributed by atoms with Gasteiger partial charge in [0, 0.05) is 18.5 Å². The Morgan fingerprint density at radius 2 is 2.14 bits per heavy atom. The number of hydrogen-bond acceptors (Lipinski definition) is 8. The molecule has 0 aromatic carbocycles. The summed E-state index contributed by atoms with van der Waals surface area (Å²) in [4.78, 5) is 25.3. The van der Waals surface area contributed by atoms with Crippen LogP contribution in [0.1, 0.15) is 53.5 Å². The van der Waals surface area contributed by atoms with Gasteiger partial charge in [0.25, 0.3) is 5.91 Å². The maximum atomic E-state index is 15.0. The summed E-state index contributed by atoms with van der Waals surface area (Å²) in [6.45, 7) is 2.62. The van der Waals surface area contributed by atoms with Crippen LogP contribution < -0.4 is 11.1 Å². The second-order valence-corrected chi connectivity index (χ2v) is 11.8. The number of carbonyl (C=O) groups is 1. The third kappa shape index (κ3) is 4.14. The zero-order valence-corrected chi connectivity index (χ0v) is 20.2. The summed E-state index contributed by atoms with van der Waals surface area (Å²) in [7, 11) is -2.84. The molecule has 0 saturated carbocycles. The molecule has 0 aliphatic carbocycles. The number of carbonyl (C=O) groups excluding carboxylic acids is 1. The van der Waals surface area contributed by atoms with Gasteiger partial charge in [0.2, 0.25) is 0 Å². The standard InChI is InChI=1S/C23H25F2N7O2S/c1-14-10-15(11-26)12-28-18(14)20(33)31-17-5-4-16(25)19(30-17)23(13-24)7-9-35(34)22(2,21(27)32-23)6-3-8-29-35/h4-5,10,12H,3,6-9,13H2,1-2H3,(H2,27,32)(H,30,31,33)/t22-,23-,35-/m1/s1. The first-order chi connectivity index (χ1) is 16.6. The van der Waals surface area contributed by atoms with E-state index in [2.05, 4.69) is 24.6 Å². The van der Waals surface area contributed by atoms with Crippen molar-refractivity contribution in [3.05, 3.63) is 52.7 Å². The van der Waals surface area contributed by atoms with Gasteiger partial charge in [0.1, 0.15) is 51.9 Å². The second-order valence-electron chi connectivity index (χ2n) is 8.93. The number of aryl methyl sites for hydroxylation is 1. The number of rotatable bonds is 4. The lowest BCUT2D eigenvalue weighted by Crippen LogP contribution is -2.49. The first-order valence-electron chi connectivity index (χ1n) is 11.0. The molecule has 3 N–H and O–H groups in total. The van der Waals surface area contributed by atoms with Crippen LogP contribution in [0.15, 0.2) is 33.8 Å². The lowest BCUT2D eigenvalue weighted by molar-refractivity contribution is 0.102. The molecule has 0 unspecified atom stereocenters. The van der Waals surface area contributed by atoms with E-state index in [9.17, 15) is 13.4 Å². The third-order valence-electron chi connectivity index (χ3n) is 6.66. The van der Waals surface area contributed by atoms with Gasteiger partial charge in [-0.2, -0.15) is 5.26 Å². The van der Waals surface area contributed by atoms with Crippen LogP contribution in [0.25, 0.3) is 0 Å². The molecular weight excluding hydrogens is 476 g/mol. The maximum absolute atomic E-state index is 15.0. The molecular formula is C23H25F2N7O2S. The molecule has 2 aliphatic rings. The van der Waals surface area contributed by atoms with E-state index in [0.717, 1.165) is 6.07 Å². The van der Waals surface area contributed by atoms with E-state index in [1.807, 2.05) is 6.07 Å². The van der Waals surface area contributed by atoms with Crippen molar-refractivity contribution in [2.24, 2.45) is 15.1 Å². The summed E-state index contributed by atoms with van der Waals surface area (Å²) in [6.07, 6.45) is 2.30. The molecule has 0 saturated heterocycles. The minimum atomic E-state index is -2.84. The smallest absolute Gasteiger partial charge is 0.275 e. The van der Waals surface area contributed by atoms with Gasteiger partial charge in [-0.05, 0) is 56.9 Å². The topological polar surface area (TPSA) is 146 Å². The van der Waals surface area contributed by atoms with Gasteiger partial charge in [0.15, 0.2) is 0 Å². The highest BCUT2D eigenvalue weighted by molar-refractivity contribution is 7.95. The monoisotopic (exact) mass is 501 g/mol. The number of hydrogen-bond donors (Lipinski definition) is 2. The minimum Gasteiger partial charge on any atom is -0.386 e. The Balaban J connectivity index is 1.73. The molecule has 1 amide bonds. The molecule has 2 aromatic rings. The van der Waals surface area contributed by atoms with Crippen LogP contribution in [-0.4, -0.2) is 49.6 Å². The molecule has 4 heterocycles. The van der Waals surface area contributed by atoms with E-state index < -0.39 is 38.4 Å². The Morgan fingerprint density at radius 3 is 2.83 bits per heavy atom. The van der Waals surface area contributed by atoms with Gasteiger partial charge in [-0.3, -0.25) is 9.79 Å². The lowest BCUT2D eigenvalue weighted by atomic mass is 9.92. The van der Waals surface area contributed by atoms with Gasteiger partial charge in [-0.15, -0.1) is 0 Å². The Hall–Kier alpha value is -3.46. The highest BCUT2D eigenvalue weighted by atomic mass is 32.2. The van der Waals surface area contributed by atoms with Crippen LogP contribution >= 0.6 is 0 Å². The van der Waals surface area contributed by atoms with Crippen molar-refractivity contribution >= 4 is 27.3 Å². The molecule has 0 fully saturated rings. The largest absolute Gasteiger partial charge is 0.386 e. The van der Waals surface area contributed by atoms with E-state index in [1.54, 1.807) is 13.8 Å². The summed E-state index contributed by atoms with van der Waals surface area (Å²) >= 11 is 0. The third-order valence-corrected chi connectivity index (χ3v) is 9.83. The number of halogens is 2. The number of anilines is 1. The summed E-state index contributed by atoms with van der Waals surface area (Å²) in [5, 5.41) is 11.5. The number of alkyl halides is 1. The van der Waals surface area contributed by atoms with Crippen LogP contribution in [0.2, 0.25) is 0 Å². The fraction of sp³-hybridized carbons (Fsp3) is 0.435. The van der Waals surface area contributed by atoms with Gasteiger partial charge in [-0.25, -0.2) is 27.3 Å². The number of aliphatic imine (C=N–C) groups is 1. The zero-order chi connectivity index (χ0) is 25.4. The van der Waals surface area contributed by atoms with E-state index in [-0.39, 0.29) is 35.2 Å². The molecule has 9 nitrogen and oxygen atoms in total. The van der Waals surface area contributed by atoms with Crippen molar-refractivity contribution < 1.29 is 17.8 Å². The predicted molar refractivity (Wildman–Crippen MR) is 128 cm³/mol. The molecule has 0 bridgehead atoms. The van der Waals surface area contributed by atoms with Gasteiger partial charge in [0.05, 0.1) is 15.3 Å². The number of aromatic nitrogens is 2. The first kappa shape index (κ1) is 24.7. The van der Waals surface area contributed by atoms with Gasteiger partial charge in [-0.1, -0.05) is 0 Å². The van der Waals surface area contributed by atoms with E-state index in [4.69, 9.17) is 11.0 Å². The Labute approximate surface area is 202 Å². The van der Waals surface area contributed by atoms with Crippen molar-refractivity contribution in [3.63, 3.8) is 0 Å². The Bertz CT molecular complexity index is 1400. The Morgan fingerprint density at radius 1 is 1.37 bits per heavy atom. The molecule has 35 heavy (non-hydrogen) atoms. The van der Waals surface area contributed by atoms with Crippen molar-refractivity contribution in [1.29, 1.82) is 5.26 Å². The SMILES string of the molecule is Cc1cc(C#N)cnc1C(=O)Nc1ccc(F)c([C@]2(CF)CC[S@]3(=O)=NCCC[C@]3(C)C(N)=N2)n1. The minimum absolute atomic E-state index is 0.0102. The number of amidine groups is 1. The number of nitrogens with one attached hydrogen (secondary N) is 1. The number of nitrogens with zero attached hydrogens (tertiary/aromatic N) is 5. The van der Waals surface area contributed by atoms with Crippen molar-refractivity contribution in [3.8, 4) is 6.07 Å². The van der Waals surface area contributed by atoms with Crippen LogP contribution in [0.3, 0.4) is 0 Å². The number of pyridine rings is 2. The number of amides is 1. The zero-order valence-electron chi connectivity index (χ0n) is 19.3. The predicted octanol–water partition coefficient (Wildman–Crippen LogP) is 2.99. The highest BCUT2D eigenvalue weighted by Crippen LogP contribution is 2.41. The molecule has 12 heteroatoms. The fourth-order valence-corrected chi connectivity index (χ4v) is 7.18. The van der Waals surface area contributed by atoms with Gasteiger partial charge >= 0.3 is 0 Å². The lowest BCUT2D eigenvalue weighted by Gasteiger charge is -2.33. The maximum Gasteiger partial charge on any atom is 0.275 e. The second kappa shape index (κ2) is 8.96. The average Bonchev–Trinajstić information content (AvgIpc) is 2.93. The van der Waals surface area contributed by atoms with E-state index in [1.165, 1.54) is 18.3 Å². The molecule has 0 spiro atoms. The van der Waals surface area contributed by atoms with E-state index in [0.29, 0.717) is 30.5 Å². The summed E-state index contributed by atoms with van der Waals surface area (Å²) < 4.78 is 46.6. The van der Waals surface area contributed by atoms with Crippen molar-refractivity contribution in [2.75, 3.05) is 24.3 Å². The summed E-state index contributed by atoms with van der Waals surface area (Å²) in [6, 6.07) is 5.75. The fourth-order valence-electron chi connectivity index (χ4n) is 4.44. The molecule has 0 radical (unpaired) electrons. The normalized spacial score (nSPS) is 28.0. The average molecular weight is 502 g/mol. The van der Waals surface area contributed by atoms with Crippen LogP contribution in [0.4, 0.5) is 14.6 Å². The van der Waals surface area contributed by atoms with Crippen LogP contribution in [0, 0.1) is 24.1 Å². The van der Waals surface area contributed by atoms with Gasteiger partial charge < -0.3 is 11.1 Å².